The number of hydrogen-bond donors (Lipinski definition) is 4. The van der Waals surface area contributed by atoms with Crippen LogP contribution in [0.15, 0.2) is 282 Å². The molecule has 19 nitrogen and oxygen atoms in total. The number of nitrogens with zero attached hydrogens (tertiary/aromatic N) is 12. The summed E-state index contributed by atoms with van der Waals surface area (Å²) >= 11 is 9.83. The summed E-state index contributed by atoms with van der Waals surface area (Å²) in [6.45, 7) is 19.1. The molecule has 16 aromatic rings. The lowest BCUT2D eigenvalue weighted by Gasteiger charge is -2.28. The van der Waals surface area contributed by atoms with Gasteiger partial charge in [0.2, 0.25) is 0 Å². The summed E-state index contributed by atoms with van der Waals surface area (Å²) in [6.07, 6.45) is 24.1. The number of nitrogens with one attached hydrogen (secondary N) is 1. The third kappa shape index (κ3) is 22.3. The number of hydrogen-bond acceptors (Lipinski definition) is 19. The van der Waals surface area contributed by atoms with E-state index >= 15 is 0 Å². The molecule has 1 unspecified atom stereocenters. The molecule has 4 aromatic carbocycles. The maximum atomic E-state index is 13.7. The van der Waals surface area contributed by atoms with Crippen LogP contribution in [0.5, 0.6) is 0 Å². The van der Waals surface area contributed by atoms with Crippen LogP contribution >= 0.6 is 61.3 Å². The van der Waals surface area contributed by atoms with E-state index in [1.807, 2.05) is 159 Å². The number of carbonyl (C=O) groups is 3. The van der Waals surface area contributed by atoms with Crippen molar-refractivity contribution in [1.29, 1.82) is 0 Å². The number of carboxylic acid groups (broad SMARTS) is 1. The van der Waals surface area contributed by atoms with Crippen LogP contribution in [0.25, 0.3) is 65.1 Å². The summed E-state index contributed by atoms with van der Waals surface area (Å²) < 4.78 is 31.5. The zero-order chi connectivity index (χ0) is 85.4. The maximum absolute atomic E-state index is 13.7. The highest BCUT2D eigenvalue weighted by Crippen LogP contribution is 2.36. The first-order valence-electron chi connectivity index (χ1n) is 37.9. The second kappa shape index (κ2) is 41.9. The number of rotatable bonds is 18. The number of ketones is 1. The topological polar surface area (TPSA) is 268 Å². The fourth-order valence-electron chi connectivity index (χ4n) is 12.7. The molecule has 0 aliphatic heterocycles. The Balaban J connectivity index is 0.000000146. The Kier molecular flexibility index (Phi) is 30.7. The zero-order valence-electron chi connectivity index (χ0n) is 67.3. The number of pyridine rings is 6. The summed E-state index contributed by atoms with van der Waals surface area (Å²) in [7, 11) is 0. The first-order chi connectivity index (χ1) is 58.0. The number of nitrogen functional groups attached to an aromatic ring is 1. The van der Waals surface area contributed by atoms with Crippen LogP contribution in [0, 0.1) is 53.2 Å². The monoisotopic (exact) mass is 1730 g/mol. The first kappa shape index (κ1) is 87.9. The molecule has 0 aliphatic rings. The van der Waals surface area contributed by atoms with E-state index in [1.165, 1.54) is 24.5 Å². The predicted octanol–water partition coefficient (Wildman–Crippen LogP) is 23.1. The Morgan fingerprint density at radius 2 is 0.842 bits per heavy atom. The van der Waals surface area contributed by atoms with Gasteiger partial charge in [-0.1, -0.05) is 129 Å². The molecule has 0 bridgehead atoms. The van der Waals surface area contributed by atoms with Gasteiger partial charge in [-0.05, 0) is 172 Å². The van der Waals surface area contributed by atoms with Gasteiger partial charge in [0.1, 0.15) is 60.5 Å². The van der Waals surface area contributed by atoms with Crippen molar-refractivity contribution in [2.75, 3.05) is 11.1 Å². The minimum absolute atomic E-state index is 0.0926. The number of allylic oxidation sites excluding steroid dienone is 2. The molecular formula is C94H85BrF2N14O5S4. The highest BCUT2D eigenvalue weighted by Gasteiger charge is 2.30. The summed E-state index contributed by atoms with van der Waals surface area (Å²) in [5.41, 5.74) is 22.9. The Labute approximate surface area is 719 Å². The Morgan fingerprint density at radius 3 is 1.19 bits per heavy atom. The van der Waals surface area contributed by atoms with Crippen LogP contribution in [0.4, 0.5) is 20.4 Å². The molecular weight excluding hydrogens is 1650 g/mol. The van der Waals surface area contributed by atoms with E-state index in [4.69, 9.17) is 10.8 Å². The number of thiazole rings is 4. The predicted molar refractivity (Wildman–Crippen MR) is 483 cm³/mol. The average Bonchev–Trinajstić information content (AvgIpc) is 1.49. The van der Waals surface area contributed by atoms with Crippen molar-refractivity contribution < 1.29 is 33.4 Å². The lowest BCUT2D eigenvalue weighted by Crippen LogP contribution is -2.26. The smallest absolute Gasteiger partial charge is 0.337 e. The summed E-state index contributed by atoms with van der Waals surface area (Å²) in [4.78, 5) is 76.1. The molecule has 606 valence electrons. The van der Waals surface area contributed by atoms with Gasteiger partial charge in [0.25, 0.3) is 5.91 Å². The highest BCUT2D eigenvalue weighted by molar-refractivity contribution is 9.10. The van der Waals surface area contributed by atoms with Gasteiger partial charge in [-0.3, -0.25) is 19.6 Å². The molecule has 12 aromatic heterocycles. The molecule has 26 heteroatoms. The number of halogens is 3. The lowest BCUT2D eigenvalue weighted by molar-refractivity contribution is 0.0693. The molecule has 16 rings (SSSR count). The van der Waals surface area contributed by atoms with Crippen LogP contribution in [-0.2, 0) is 5.60 Å². The molecule has 0 saturated carbocycles. The minimum Gasteiger partial charge on any atom is -0.478 e. The van der Waals surface area contributed by atoms with Gasteiger partial charge in [-0.2, -0.15) is 0 Å². The third-order valence-electron chi connectivity index (χ3n) is 19.2. The van der Waals surface area contributed by atoms with Gasteiger partial charge in [-0.15, -0.1) is 45.3 Å². The normalized spacial score (nSPS) is 11.5. The summed E-state index contributed by atoms with van der Waals surface area (Å²) in [5, 5.41) is 34.5. The highest BCUT2D eigenvalue weighted by atomic mass is 79.9. The number of aromatic nitrogens is 12. The fourth-order valence-corrected chi connectivity index (χ4v) is 15.5. The van der Waals surface area contributed by atoms with Gasteiger partial charge < -0.3 is 30.4 Å². The van der Waals surface area contributed by atoms with E-state index in [0.717, 1.165) is 138 Å². The van der Waals surface area contributed by atoms with E-state index in [0.29, 0.717) is 24.5 Å². The molecule has 12 heterocycles. The van der Waals surface area contributed by atoms with E-state index in [1.54, 1.807) is 95.5 Å². The number of aliphatic hydroxyl groups is 1. The van der Waals surface area contributed by atoms with E-state index in [2.05, 4.69) is 187 Å². The van der Waals surface area contributed by atoms with Crippen molar-refractivity contribution in [3.05, 3.63) is 378 Å². The third-order valence-corrected chi connectivity index (χ3v) is 23.0. The van der Waals surface area contributed by atoms with Crippen molar-refractivity contribution in [3.8, 4) is 53.9 Å². The molecule has 0 spiro atoms. The molecule has 0 radical (unpaired) electrons. The van der Waals surface area contributed by atoms with E-state index in [-0.39, 0.29) is 28.0 Å². The number of carbonyl (C=O) groups excluding carboxylic acids is 2. The van der Waals surface area contributed by atoms with Crippen LogP contribution in [0.1, 0.15) is 139 Å². The molecule has 120 heavy (non-hydrogen) atoms. The van der Waals surface area contributed by atoms with Crippen LogP contribution in [0.3, 0.4) is 0 Å². The number of carboxylic acids is 1. The Hall–Kier alpha value is -13.0. The van der Waals surface area contributed by atoms with E-state index < -0.39 is 29.1 Å². The number of Topliss-reactive ketones (excluding diaryl/α,β-unsaturated/α-hetero) is 1. The summed E-state index contributed by atoms with van der Waals surface area (Å²) in [5.74, 6) is 0.207. The van der Waals surface area contributed by atoms with Crippen molar-refractivity contribution in [1.82, 2.24) is 59.0 Å². The second-order valence-electron chi connectivity index (χ2n) is 26.9. The van der Waals surface area contributed by atoms with Gasteiger partial charge in [0.15, 0.2) is 5.78 Å². The fraction of sp³-hybridized carbons (Fsp3) is 0.138. The van der Waals surface area contributed by atoms with Gasteiger partial charge in [-0.25, -0.2) is 53.4 Å². The molecule has 0 aliphatic carbocycles. The second-order valence-corrected chi connectivity index (χ2v) is 31.4. The number of benzene rings is 4. The first-order valence-corrected chi connectivity index (χ1v) is 42.2. The molecule has 5 N–H and O–H groups in total. The maximum Gasteiger partial charge on any atom is 0.337 e. The molecule has 0 saturated heterocycles. The van der Waals surface area contributed by atoms with Gasteiger partial charge >= 0.3 is 5.97 Å². The number of aryl methyl sites for hydroxylation is 4. The minimum atomic E-state index is -1.16. The number of anilines is 2. The van der Waals surface area contributed by atoms with Crippen molar-refractivity contribution in [2.45, 2.75) is 87.7 Å². The van der Waals surface area contributed by atoms with Gasteiger partial charge in [0, 0.05) is 173 Å². The van der Waals surface area contributed by atoms with Crippen LogP contribution in [-0.4, -0.2) is 86.8 Å². The van der Waals surface area contributed by atoms with Crippen molar-refractivity contribution in [2.24, 2.45) is 0 Å². The van der Waals surface area contributed by atoms with Gasteiger partial charge in [0.05, 0.1) is 23.5 Å². The quantitative estimate of drug-likeness (QED) is 0.0582. The number of amides is 1. The Morgan fingerprint density at radius 1 is 0.450 bits per heavy atom. The number of aromatic carboxylic acids is 1. The lowest BCUT2D eigenvalue weighted by atomic mass is 9.84. The van der Waals surface area contributed by atoms with Crippen molar-refractivity contribution in [3.63, 3.8) is 0 Å². The zero-order valence-corrected chi connectivity index (χ0v) is 72.2. The number of nitrogens with two attached hydrogens (primary N) is 1. The van der Waals surface area contributed by atoms with Crippen molar-refractivity contribution >= 4 is 102 Å². The average molecular weight is 1740 g/mol. The Bertz CT molecular complexity index is 6060. The molecule has 1 amide bonds. The van der Waals surface area contributed by atoms with E-state index in [9.17, 15) is 28.3 Å². The largest absolute Gasteiger partial charge is 0.478 e. The van der Waals surface area contributed by atoms with Crippen LogP contribution < -0.4 is 11.1 Å². The molecule has 1 atom stereocenters. The SMILES string of the molecule is C/C=C(/c1ccc(-c2nccs2)cc1)c1ccc(N)nc1.C/C=C(/c1ccc(-c2nccs2)cc1)c1ccc(NC(=O)c2cncc(F)c2C)nc1.CCC(=O)c1ccc(-c2nccs2)cc1.CCC(O)(c1ccc(-c2nccs2)cc1)c1ccc(-n2c(C)ccc2C)nc1.Cc1c(F)cncc1C(=O)O.Cc1ccc(C)n1-c1ccc(Br)cn1. The molecule has 0 fully saturated rings. The van der Waals surface area contributed by atoms with Crippen LogP contribution in [0.2, 0.25) is 0 Å². The summed E-state index contributed by atoms with van der Waals surface area (Å²) in [6, 6.07) is 56.0. The standard InChI is InChI=1S/C24H19FN4OS.C23H23N3OS.C17H15N3S.C12H11NOS.C11H11BrN2.C7H6FNO2/c1-3-19(16-4-6-17(7-5-16)24-27-10-11-31-24)18-8-9-22(28-12-18)29-23(30)20-13-26-14-21(25)15(20)2;1-4-23(27,19-9-7-18(8-10-19)22-24-13-14-28-22)20-11-12-21(25-15-20)26-16(2)5-6-17(26)3;1-2-15(14-7-8-16(18)20-11-14)12-3-5-13(6-4-12)17-19-9-10-21-17;1-2-11(14)9-3-5-10(6-4-9)12-13-7-8-15-12;1-8-3-4-9(2)14(8)11-6-5-10(12)7-13-11;1-4-5(7(10)11)2-9-3-6(4)8/h3-14H,1-2H3,(H,28,29,30);5-15,27H,4H2,1-3H3;2-11H,1H3,(H2,18,20);3-8H,2H2,1H3;3-7H,1-2H3;2-3H,1H3,(H,10,11)/b19-3-;;15-2-;;;.